The summed E-state index contributed by atoms with van der Waals surface area (Å²) in [5.41, 5.74) is 0.365. The van der Waals surface area contributed by atoms with Gasteiger partial charge in [-0.2, -0.15) is 0 Å². The second-order valence-corrected chi connectivity index (χ2v) is 5.12. The molecule has 4 nitrogen and oxygen atoms in total. The van der Waals surface area contributed by atoms with Crippen molar-refractivity contribution >= 4 is 5.69 Å². The molecule has 2 rings (SSSR count). The molecule has 1 aliphatic rings. The van der Waals surface area contributed by atoms with Crippen LogP contribution in [0.3, 0.4) is 0 Å². The molecule has 0 atom stereocenters. The van der Waals surface area contributed by atoms with Crippen molar-refractivity contribution in [3.8, 4) is 5.75 Å². The topological polar surface area (TPSA) is 27.7 Å². The van der Waals surface area contributed by atoms with Crippen molar-refractivity contribution < 1.29 is 17.9 Å². The monoisotopic (exact) mass is 303 g/mol. The van der Waals surface area contributed by atoms with Gasteiger partial charge in [0.2, 0.25) is 0 Å². The lowest BCUT2D eigenvalue weighted by Crippen LogP contribution is -2.45. The van der Waals surface area contributed by atoms with Gasteiger partial charge >= 0.3 is 6.36 Å². The van der Waals surface area contributed by atoms with Gasteiger partial charge in [0, 0.05) is 39.3 Å². The van der Waals surface area contributed by atoms with E-state index in [1.165, 1.54) is 12.1 Å². The molecule has 0 radical (unpaired) electrons. The average Bonchev–Trinajstić information content (AvgIpc) is 2.41. The lowest BCUT2D eigenvalue weighted by Gasteiger charge is -2.32. The Morgan fingerprint density at radius 3 is 2.48 bits per heavy atom. The Bertz CT molecular complexity index is 445. The SMILES string of the molecule is CN1CCN(CCNc2ccccc2OC(F)(F)F)CC1. The number of hydrogen-bond acceptors (Lipinski definition) is 4. The Morgan fingerprint density at radius 2 is 1.81 bits per heavy atom. The third-order valence-electron chi connectivity index (χ3n) is 3.45. The zero-order valence-corrected chi connectivity index (χ0v) is 12.0. The fourth-order valence-electron chi connectivity index (χ4n) is 2.25. The molecule has 0 spiro atoms. The lowest BCUT2D eigenvalue weighted by molar-refractivity contribution is -0.274. The zero-order valence-electron chi connectivity index (χ0n) is 12.0. The number of likely N-dealkylation sites (N-methyl/N-ethyl adjacent to an activating group) is 1. The summed E-state index contributed by atoms with van der Waals surface area (Å²) in [6, 6.07) is 6.10. The average molecular weight is 303 g/mol. The van der Waals surface area contributed by atoms with Gasteiger partial charge in [-0.1, -0.05) is 12.1 Å². The van der Waals surface area contributed by atoms with Crippen molar-refractivity contribution in [1.82, 2.24) is 9.80 Å². The number of piperazine rings is 1. The summed E-state index contributed by atoms with van der Waals surface area (Å²) in [5.74, 6) is -0.191. The molecular weight excluding hydrogens is 283 g/mol. The molecule has 1 saturated heterocycles. The second-order valence-electron chi connectivity index (χ2n) is 5.12. The molecule has 1 fully saturated rings. The van der Waals surface area contributed by atoms with Crippen molar-refractivity contribution in [3.63, 3.8) is 0 Å². The Labute approximate surface area is 122 Å². The van der Waals surface area contributed by atoms with Crippen LogP contribution in [0.2, 0.25) is 0 Å². The first-order chi connectivity index (χ1) is 9.94. The van der Waals surface area contributed by atoms with Gasteiger partial charge in [0.1, 0.15) is 0 Å². The van der Waals surface area contributed by atoms with Crippen LogP contribution in [0, 0.1) is 0 Å². The van der Waals surface area contributed by atoms with E-state index in [9.17, 15) is 13.2 Å². The summed E-state index contributed by atoms with van der Waals surface area (Å²) < 4.78 is 40.9. The molecule has 1 N–H and O–H groups in total. The highest BCUT2D eigenvalue weighted by molar-refractivity contribution is 5.56. The lowest BCUT2D eigenvalue weighted by atomic mass is 10.3. The molecule has 0 aliphatic carbocycles. The van der Waals surface area contributed by atoms with Crippen LogP contribution in [-0.2, 0) is 0 Å². The maximum atomic E-state index is 12.3. The molecule has 1 aromatic carbocycles. The summed E-state index contributed by atoms with van der Waals surface area (Å²) in [6.07, 6.45) is -4.67. The van der Waals surface area contributed by atoms with Crippen molar-refractivity contribution in [1.29, 1.82) is 0 Å². The number of hydrogen-bond donors (Lipinski definition) is 1. The summed E-state index contributed by atoms with van der Waals surface area (Å²) in [4.78, 5) is 4.55. The van der Waals surface area contributed by atoms with Gasteiger partial charge in [0.15, 0.2) is 5.75 Å². The molecule has 1 heterocycles. The van der Waals surface area contributed by atoms with Gasteiger partial charge in [-0.05, 0) is 19.2 Å². The molecule has 118 valence electrons. The van der Waals surface area contributed by atoms with Crippen LogP contribution < -0.4 is 10.1 Å². The maximum Gasteiger partial charge on any atom is 0.573 e. The molecule has 0 saturated carbocycles. The van der Waals surface area contributed by atoms with Gasteiger partial charge in [-0.3, -0.25) is 4.90 Å². The van der Waals surface area contributed by atoms with Crippen LogP contribution in [0.4, 0.5) is 18.9 Å². The van der Waals surface area contributed by atoms with Crippen LogP contribution in [0.1, 0.15) is 0 Å². The highest BCUT2D eigenvalue weighted by atomic mass is 19.4. The fourth-order valence-corrected chi connectivity index (χ4v) is 2.25. The Balaban J connectivity index is 1.83. The number of benzene rings is 1. The van der Waals surface area contributed by atoms with Crippen LogP contribution in [-0.4, -0.2) is 62.5 Å². The van der Waals surface area contributed by atoms with Crippen LogP contribution in [0.5, 0.6) is 5.75 Å². The van der Waals surface area contributed by atoms with E-state index in [-0.39, 0.29) is 5.75 Å². The number of ether oxygens (including phenoxy) is 1. The predicted molar refractivity (Wildman–Crippen MR) is 75.6 cm³/mol. The Hall–Kier alpha value is -1.47. The maximum absolute atomic E-state index is 12.3. The van der Waals surface area contributed by atoms with E-state index in [1.54, 1.807) is 12.1 Å². The fraction of sp³-hybridized carbons (Fsp3) is 0.571. The molecule has 0 bridgehead atoms. The van der Waals surface area contributed by atoms with Crippen molar-refractivity contribution in [3.05, 3.63) is 24.3 Å². The third-order valence-corrected chi connectivity index (χ3v) is 3.45. The van der Waals surface area contributed by atoms with Gasteiger partial charge < -0.3 is 15.0 Å². The molecule has 21 heavy (non-hydrogen) atoms. The first-order valence-corrected chi connectivity index (χ1v) is 6.93. The van der Waals surface area contributed by atoms with E-state index >= 15 is 0 Å². The van der Waals surface area contributed by atoms with E-state index in [1.807, 2.05) is 0 Å². The van der Waals surface area contributed by atoms with E-state index in [0.29, 0.717) is 12.2 Å². The number of alkyl halides is 3. The number of nitrogens with zero attached hydrogens (tertiary/aromatic N) is 2. The highest BCUT2D eigenvalue weighted by Gasteiger charge is 2.32. The summed E-state index contributed by atoms with van der Waals surface area (Å²) in [6.45, 7) is 5.40. The number of anilines is 1. The minimum atomic E-state index is -4.67. The van der Waals surface area contributed by atoms with Crippen molar-refractivity contribution in [2.45, 2.75) is 6.36 Å². The second kappa shape index (κ2) is 7.00. The van der Waals surface area contributed by atoms with E-state index in [4.69, 9.17) is 0 Å². The molecule has 0 aromatic heterocycles. The summed E-state index contributed by atoms with van der Waals surface area (Å²) in [5, 5.41) is 3.01. The van der Waals surface area contributed by atoms with E-state index in [0.717, 1.165) is 32.7 Å². The van der Waals surface area contributed by atoms with Gasteiger partial charge in [0.25, 0.3) is 0 Å². The number of rotatable bonds is 5. The minimum absolute atomic E-state index is 0.191. The summed E-state index contributed by atoms with van der Waals surface area (Å²) >= 11 is 0. The largest absolute Gasteiger partial charge is 0.573 e. The normalized spacial score (nSPS) is 17.7. The van der Waals surface area contributed by atoms with E-state index < -0.39 is 6.36 Å². The molecule has 0 unspecified atom stereocenters. The van der Waals surface area contributed by atoms with Gasteiger partial charge in [-0.15, -0.1) is 13.2 Å². The molecule has 0 amide bonds. The zero-order chi connectivity index (χ0) is 15.3. The standard InChI is InChI=1S/C14H20F3N3O/c1-19-8-10-20(11-9-19)7-6-18-12-4-2-3-5-13(12)21-14(15,16)17/h2-5,18H,6-11H2,1H3. The molecule has 1 aliphatic heterocycles. The Morgan fingerprint density at radius 1 is 1.14 bits per heavy atom. The number of para-hydroxylation sites is 2. The minimum Gasteiger partial charge on any atom is -0.404 e. The summed E-state index contributed by atoms with van der Waals surface area (Å²) in [7, 11) is 2.08. The van der Waals surface area contributed by atoms with Gasteiger partial charge in [-0.25, -0.2) is 0 Å². The molecular formula is C14H20F3N3O. The van der Waals surface area contributed by atoms with Crippen LogP contribution >= 0.6 is 0 Å². The first-order valence-electron chi connectivity index (χ1n) is 6.93. The Kier molecular flexibility index (Phi) is 5.30. The number of halogens is 3. The first kappa shape index (κ1) is 15.9. The van der Waals surface area contributed by atoms with Crippen LogP contribution in [0.15, 0.2) is 24.3 Å². The quantitative estimate of drug-likeness (QED) is 0.903. The van der Waals surface area contributed by atoms with E-state index in [2.05, 4.69) is 26.9 Å². The molecule has 1 aromatic rings. The van der Waals surface area contributed by atoms with Gasteiger partial charge in [0.05, 0.1) is 5.69 Å². The smallest absolute Gasteiger partial charge is 0.404 e. The highest BCUT2D eigenvalue weighted by Crippen LogP contribution is 2.29. The number of nitrogens with one attached hydrogen (secondary N) is 1. The third kappa shape index (κ3) is 5.43. The predicted octanol–water partition coefficient (Wildman–Crippen LogP) is 2.24. The molecule has 7 heteroatoms. The van der Waals surface area contributed by atoms with Crippen molar-refractivity contribution in [2.24, 2.45) is 0 Å². The van der Waals surface area contributed by atoms with Crippen molar-refractivity contribution in [2.75, 3.05) is 51.6 Å². The van der Waals surface area contributed by atoms with Crippen LogP contribution in [0.25, 0.3) is 0 Å².